The maximum Gasteiger partial charge on any atom is 0.123 e. The maximum atomic E-state index is 8.95. The van der Waals surface area contributed by atoms with Gasteiger partial charge in [-0.25, -0.2) is 0 Å². The quantitative estimate of drug-likeness (QED) is 0.905. The lowest BCUT2D eigenvalue weighted by atomic mass is 10.1. The van der Waals surface area contributed by atoms with Gasteiger partial charge >= 0.3 is 0 Å². The summed E-state index contributed by atoms with van der Waals surface area (Å²) in [6.45, 7) is 2.33. The van der Waals surface area contributed by atoms with E-state index in [-0.39, 0.29) is 12.7 Å². The van der Waals surface area contributed by atoms with E-state index < -0.39 is 0 Å². The molecular weight excluding hydrogens is 300 g/mol. The molecule has 0 saturated carbocycles. The Kier molecular flexibility index (Phi) is 4.77. The monoisotopic (exact) mass is 316 g/mol. The molecule has 17 heavy (non-hydrogen) atoms. The number of ether oxygens (including phenoxy) is 1. The second kappa shape index (κ2) is 6.12. The molecule has 2 nitrogen and oxygen atoms in total. The van der Waals surface area contributed by atoms with Crippen LogP contribution < -0.4 is 4.74 Å². The predicted molar refractivity (Wildman–Crippen MR) is 75.8 cm³/mol. The fraction of sp³-hybridized carbons (Fsp3) is 0.538. The summed E-state index contributed by atoms with van der Waals surface area (Å²) in [5, 5.41) is 8.95. The number of hydrogen-bond donors (Lipinski definition) is 1. The second-order valence-corrected chi connectivity index (χ2v) is 6.51. The van der Waals surface area contributed by atoms with Crippen molar-refractivity contribution in [1.29, 1.82) is 0 Å². The number of fused-ring (bicyclic) bond motifs is 1. The number of halogens is 1. The molecule has 2 rings (SSSR count). The van der Waals surface area contributed by atoms with Crippen LogP contribution >= 0.6 is 27.7 Å². The standard InChI is InChI=1S/C13H17BrO2S/c1-9(6-15)7-17-8-12-5-10-4-11(14)2-3-13(10)16-12/h2-4,9,12,15H,5-8H2,1H3. The van der Waals surface area contributed by atoms with Crippen LogP contribution in [0.5, 0.6) is 5.75 Å². The minimum Gasteiger partial charge on any atom is -0.489 e. The van der Waals surface area contributed by atoms with Gasteiger partial charge in [0.1, 0.15) is 11.9 Å². The van der Waals surface area contributed by atoms with Gasteiger partial charge in [0.05, 0.1) is 0 Å². The average molecular weight is 317 g/mol. The van der Waals surface area contributed by atoms with E-state index in [2.05, 4.69) is 28.9 Å². The first-order valence-corrected chi connectivity index (χ1v) is 7.77. The van der Waals surface area contributed by atoms with Crippen molar-refractivity contribution in [2.45, 2.75) is 19.4 Å². The number of rotatable bonds is 5. The van der Waals surface area contributed by atoms with E-state index in [0.717, 1.165) is 28.1 Å². The number of aliphatic hydroxyl groups excluding tert-OH is 1. The topological polar surface area (TPSA) is 29.5 Å². The Morgan fingerprint density at radius 3 is 3.18 bits per heavy atom. The largest absolute Gasteiger partial charge is 0.489 e. The van der Waals surface area contributed by atoms with Crippen LogP contribution in [0.15, 0.2) is 22.7 Å². The molecule has 1 aliphatic heterocycles. The van der Waals surface area contributed by atoms with Crippen LogP contribution in [0.2, 0.25) is 0 Å². The average Bonchev–Trinajstić information content (AvgIpc) is 2.70. The van der Waals surface area contributed by atoms with Crippen molar-refractivity contribution in [2.75, 3.05) is 18.1 Å². The Morgan fingerprint density at radius 2 is 2.41 bits per heavy atom. The third-order valence-corrected chi connectivity index (χ3v) is 4.69. The van der Waals surface area contributed by atoms with Crippen LogP contribution in [0, 0.1) is 5.92 Å². The van der Waals surface area contributed by atoms with Crippen molar-refractivity contribution in [3.8, 4) is 5.75 Å². The van der Waals surface area contributed by atoms with Crippen LogP contribution in [-0.2, 0) is 6.42 Å². The summed E-state index contributed by atoms with van der Waals surface area (Å²) < 4.78 is 6.99. The molecule has 0 aromatic heterocycles. The number of hydrogen-bond acceptors (Lipinski definition) is 3. The molecule has 2 atom stereocenters. The molecule has 94 valence electrons. The molecule has 0 fully saturated rings. The van der Waals surface area contributed by atoms with Crippen LogP contribution in [0.1, 0.15) is 12.5 Å². The van der Waals surface area contributed by atoms with Gasteiger partial charge in [0.2, 0.25) is 0 Å². The van der Waals surface area contributed by atoms with Crippen molar-refractivity contribution in [2.24, 2.45) is 5.92 Å². The molecule has 0 aliphatic carbocycles. The van der Waals surface area contributed by atoms with E-state index in [0.29, 0.717) is 5.92 Å². The summed E-state index contributed by atoms with van der Waals surface area (Å²) in [4.78, 5) is 0. The Bertz CT molecular complexity index is 384. The van der Waals surface area contributed by atoms with Crippen molar-refractivity contribution >= 4 is 27.7 Å². The first-order valence-electron chi connectivity index (χ1n) is 5.82. The molecule has 1 aromatic rings. The summed E-state index contributed by atoms with van der Waals surface area (Å²) in [6, 6.07) is 6.18. The molecule has 1 aliphatic rings. The lowest BCUT2D eigenvalue weighted by Gasteiger charge is -2.12. The van der Waals surface area contributed by atoms with Gasteiger partial charge in [-0.15, -0.1) is 0 Å². The molecule has 4 heteroatoms. The highest BCUT2D eigenvalue weighted by molar-refractivity contribution is 9.10. The van der Waals surface area contributed by atoms with Gasteiger partial charge in [0, 0.05) is 23.3 Å². The van der Waals surface area contributed by atoms with Gasteiger partial charge < -0.3 is 9.84 Å². The van der Waals surface area contributed by atoms with Crippen molar-refractivity contribution in [3.63, 3.8) is 0 Å². The van der Waals surface area contributed by atoms with Gasteiger partial charge in [-0.1, -0.05) is 22.9 Å². The van der Waals surface area contributed by atoms with Crippen molar-refractivity contribution in [3.05, 3.63) is 28.2 Å². The van der Waals surface area contributed by atoms with Crippen molar-refractivity contribution < 1.29 is 9.84 Å². The zero-order valence-electron chi connectivity index (χ0n) is 9.86. The van der Waals surface area contributed by atoms with E-state index in [9.17, 15) is 0 Å². The fourth-order valence-corrected chi connectivity index (χ4v) is 3.34. The zero-order chi connectivity index (χ0) is 12.3. The summed E-state index contributed by atoms with van der Waals surface area (Å²) in [5.41, 5.74) is 1.29. The Hall–Kier alpha value is -0.190. The Labute approximate surface area is 115 Å². The smallest absolute Gasteiger partial charge is 0.123 e. The maximum absolute atomic E-state index is 8.95. The Balaban J connectivity index is 1.80. The molecular formula is C13H17BrO2S. The third-order valence-electron chi connectivity index (χ3n) is 2.78. The van der Waals surface area contributed by atoms with Crippen LogP contribution in [0.25, 0.3) is 0 Å². The first-order chi connectivity index (χ1) is 8.19. The molecule has 0 bridgehead atoms. The fourth-order valence-electron chi connectivity index (χ4n) is 1.84. The second-order valence-electron chi connectivity index (χ2n) is 4.52. The van der Waals surface area contributed by atoms with E-state index in [1.165, 1.54) is 5.56 Å². The van der Waals surface area contributed by atoms with Crippen molar-refractivity contribution in [1.82, 2.24) is 0 Å². The van der Waals surface area contributed by atoms with E-state index in [4.69, 9.17) is 9.84 Å². The normalized spacial score (nSPS) is 19.8. The molecule has 1 heterocycles. The summed E-state index contributed by atoms with van der Waals surface area (Å²) in [6.07, 6.45) is 1.28. The van der Waals surface area contributed by atoms with Crippen LogP contribution in [0.4, 0.5) is 0 Å². The highest BCUT2D eigenvalue weighted by Crippen LogP contribution is 2.32. The van der Waals surface area contributed by atoms with E-state index >= 15 is 0 Å². The first kappa shape index (κ1) is 13.2. The summed E-state index contributed by atoms with van der Waals surface area (Å²) >= 11 is 5.34. The predicted octanol–water partition coefficient (Wildman–Crippen LogP) is 3.11. The minimum atomic E-state index is 0.270. The van der Waals surface area contributed by atoms with Gasteiger partial charge in [-0.3, -0.25) is 0 Å². The summed E-state index contributed by atoms with van der Waals surface area (Å²) in [5.74, 6) is 3.39. The molecule has 1 aromatic carbocycles. The molecule has 0 radical (unpaired) electrons. The zero-order valence-corrected chi connectivity index (χ0v) is 12.3. The third kappa shape index (κ3) is 3.63. The van der Waals surface area contributed by atoms with Gasteiger partial charge in [-0.05, 0) is 35.4 Å². The number of aliphatic hydroxyl groups is 1. The minimum absolute atomic E-state index is 0.270. The van der Waals surface area contributed by atoms with Gasteiger partial charge in [-0.2, -0.15) is 11.8 Å². The number of thioether (sulfide) groups is 1. The molecule has 0 saturated heterocycles. The van der Waals surface area contributed by atoms with Crippen LogP contribution in [-0.4, -0.2) is 29.3 Å². The highest BCUT2D eigenvalue weighted by atomic mass is 79.9. The van der Waals surface area contributed by atoms with Gasteiger partial charge in [0.15, 0.2) is 0 Å². The van der Waals surface area contributed by atoms with Gasteiger partial charge in [0.25, 0.3) is 0 Å². The lowest BCUT2D eigenvalue weighted by molar-refractivity contribution is 0.249. The number of benzene rings is 1. The Morgan fingerprint density at radius 1 is 1.59 bits per heavy atom. The van der Waals surface area contributed by atoms with E-state index in [1.807, 2.05) is 23.9 Å². The van der Waals surface area contributed by atoms with Crippen LogP contribution in [0.3, 0.4) is 0 Å². The molecule has 1 N–H and O–H groups in total. The lowest BCUT2D eigenvalue weighted by Crippen LogP contribution is -2.17. The molecule has 0 spiro atoms. The highest BCUT2D eigenvalue weighted by Gasteiger charge is 2.22. The SMILES string of the molecule is CC(CO)CSCC1Cc2cc(Br)ccc2O1. The summed E-state index contributed by atoms with van der Waals surface area (Å²) in [7, 11) is 0. The van der Waals surface area contributed by atoms with E-state index in [1.54, 1.807) is 0 Å². The molecule has 0 amide bonds. The molecule has 2 unspecified atom stereocenters.